The minimum absolute atomic E-state index is 0.209. The Hall–Kier alpha value is -2.87. The van der Waals surface area contributed by atoms with E-state index < -0.39 is 0 Å². The maximum absolute atomic E-state index is 5.04. The van der Waals surface area contributed by atoms with Crippen LogP contribution in [0.5, 0.6) is 5.88 Å². The summed E-state index contributed by atoms with van der Waals surface area (Å²) in [6, 6.07) is 5.71. The molecule has 0 radical (unpaired) electrons. The molecular weight excluding hydrogens is 288 g/mol. The van der Waals surface area contributed by atoms with Gasteiger partial charge in [-0.1, -0.05) is 5.92 Å². The van der Waals surface area contributed by atoms with Crippen LogP contribution in [0.3, 0.4) is 0 Å². The van der Waals surface area contributed by atoms with Crippen LogP contribution < -0.4 is 4.74 Å². The highest BCUT2D eigenvalue weighted by molar-refractivity contribution is 5.76. The van der Waals surface area contributed by atoms with Crippen LogP contribution in [-0.4, -0.2) is 26.6 Å². The summed E-state index contributed by atoms with van der Waals surface area (Å²) in [5.41, 5.74) is 1.97. The van der Waals surface area contributed by atoms with E-state index in [1.165, 1.54) is 12.8 Å². The molecule has 0 atom stereocenters. The standard InChI is InChI=1S/C18H16N4O/c1-18(8-9-18)22-10-7-14-12-19-15(21-17(14)22)5-3-13-4-6-16(23-2)20-11-13/h4,6-7,10-12H,8-9H2,1-2H3. The molecule has 114 valence electrons. The molecule has 0 aliphatic heterocycles. The van der Waals surface area contributed by atoms with E-state index >= 15 is 0 Å². The predicted octanol–water partition coefficient (Wildman–Crippen LogP) is 2.74. The number of methoxy groups -OCH3 is 1. The summed E-state index contributed by atoms with van der Waals surface area (Å²) in [6.45, 7) is 2.25. The fourth-order valence-corrected chi connectivity index (χ4v) is 2.54. The van der Waals surface area contributed by atoms with Gasteiger partial charge in [-0.05, 0) is 37.8 Å². The number of ether oxygens (including phenoxy) is 1. The molecule has 0 spiro atoms. The van der Waals surface area contributed by atoms with Gasteiger partial charge in [-0.25, -0.2) is 15.0 Å². The third-order valence-corrected chi connectivity index (χ3v) is 4.25. The van der Waals surface area contributed by atoms with Crippen LogP contribution in [0.2, 0.25) is 0 Å². The van der Waals surface area contributed by atoms with E-state index in [0.717, 1.165) is 16.6 Å². The molecule has 1 aliphatic rings. The zero-order valence-electron chi connectivity index (χ0n) is 13.1. The molecule has 3 aromatic heterocycles. The lowest BCUT2D eigenvalue weighted by molar-refractivity contribution is 0.398. The summed E-state index contributed by atoms with van der Waals surface area (Å²) in [5, 5.41) is 1.05. The van der Waals surface area contributed by atoms with Crippen LogP contribution in [0.25, 0.3) is 11.0 Å². The fourth-order valence-electron chi connectivity index (χ4n) is 2.54. The van der Waals surface area contributed by atoms with Crippen LogP contribution >= 0.6 is 0 Å². The normalized spacial score (nSPS) is 15.0. The lowest BCUT2D eigenvalue weighted by Crippen LogP contribution is -2.11. The van der Waals surface area contributed by atoms with Crippen LogP contribution in [-0.2, 0) is 5.54 Å². The maximum atomic E-state index is 5.04. The van der Waals surface area contributed by atoms with E-state index in [2.05, 4.69) is 50.5 Å². The molecule has 4 rings (SSSR count). The molecule has 3 heterocycles. The third-order valence-electron chi connectivity index (χ3n) is 4.25. The van der Waals surface area contributed by atoms with Crippen molar-refractivity contribution in [1.29, 1.82) is 0 Å². The molecule has 23 heavy (non-hydrogen) atoms. The molecule has 0 N–H and O–H groups in total. The first-order valence-electron chi connectivity index (χ1n) is 7.55. The largest absolute Gasteiger partial charge is 0.481 e. The summed E-state index contributed by atoms with van der Waals surface area (Å²) in [6.07, 6.45) is 7.99. The van der Waals surface area contributed by atoms with Gasteiger partial charge in [0.25, 0.3) is 0 Å². The van der Waals surface area contributed by atoms with Crippen LogP contribution in [0.15, 0.2) is 36.8 Å². The van der Waals surface area contributed by atoms with Gasteiger partial charge in [0.1, 0.15) is 5.65 Å². The van der Waals surface area contributed by atoms with E-state index in [1.54, 1.807) is 19.4 Å². The van der Waals surface area contributed by atoms with E-state index in [-0.39, 0.29) is 5.54 Å². The zero-order valence-corrected chi connectivity index (χ0v) is 13.1. The van der Waals surface area contributed by atoms with Crippen molar-refractivity contribution in [1.82, 2.24) is 19.5 Å². The Kier molecular flexibility index (Phi) is 3.05. The van der Waals surface area contributed by atoms with Crippen LogP contribution in [0.1, 0.15) is 31.2 Å². The molecule has 5 heteroatoms. The molecule has 1 saturated carbocycles. The van der Waals surface area contributed by atoms with Gasteiger partial charge in [-0.3, -0.25) is 0 Å². The van der Waals surface area contributed by atoms with Gasteiger partial charge in [0.2, 0.25) is 11.7 Å². The molecule has 5 nitrogen and oxygen atoms in total. The van der Waals surface area contributed by atoms with Crippen molar-refractivity contribution in [2.75, 3.05) is 7.11 Å². The van der Waals surface area contributed by atoms with E-state index in [0.29, 0.717) is 11.7 Å². The molecule has 1 aliphatic carbocycles. The second-order valence-electron chi connectivity index (χ2n) is 5.99. The maximum Gasteiger partial charge on any atom is 0.212 e. The first-order chi connectivity index (χ1) is 11.2. The Morgan fingerprint density at radius 3 is 2.70 bits per heavy atom. The molecule has 3 aromatic rings. The van der Waals surface area contributed by atoms with Gasteiger partial charge >= 0.3 is 0 Å². The fraction of sp³-hybridized carbons (Fsp3) is 0.278. The van der Waals surface area contributed by atoms with Gasteiger partial charge in [0, 0.05) is 41.1 Å². The van der Waals surface area contributed by atoms with Gasteiger partial charge in [-0.2, -0.15) is 0 Å². The predicted molar refractivity (Wildman–Crippen MR) is 87.2 cm³/mol. The van der Waals surface area contributed by atoms with Gasteiger partial charge in [0.15, 0.2) is 0 Å². The zero-order chi connectivity index (χ0) is 15.9. The number of nitrogens with zero attached hydrogens (tertiary/aromatic N) is 4. The molecule has 0 unspecified atom stereocenters. The first-order valence-corrected chi connectivity index (χ1v) is 7.55. The second-order valence-corrected chi connectivity index (χ2v) is 5.99. The number of hydrogen-bond donors (Lipinski definition) is 0. The van der Waals surface area contributed by atoms with Crippen molar-refractivity contribution in [3.63, 3.8) is 0 Å². The summed E-state index contributed by atoms with van der Waals surface area (Å²) < 4.78 is 7.28. The molecule has 0 saturated heterocycles. The van der Waals surface area contributed by atoms with Crippen LogP contribution in [0, 0.1) is 11.8 Å². The summed E-state index contributed by atoms with van der Waals surface area (Å²) in [4.78, 5) is 13.1. The van der Waals surface area contributed by atoms with E-state index in [4.69, 9.17) is 4.74 Å². The Bertz CT molecular complexity index is 927. The topological polar surface area (TPSA) is 52.8 Å². The molecule has 0 bridgehead atoms. The van der Waals surface area contributed by atoms with Crippen molar-refractivity contribution in [2.24, 2.45) is 0 Å². The quantitative estimate of drug-likeness (QED) is 0.683. The van der Waals surface area contributed by atoms with Crippen molar-refractivity contribution in [2.45, 2.75) is 25.3 Å². The van der Waals surface area contributed by atoms with Gasteiger partial charge < -0.3 is 9.30 Å². The SMILES string of the molecule is COc1ccc(C#Cc2ncc3ccn(C4(C)CC4)c3n2)cn1. The molecular formula is C18H16N4O. The molecule has 0 aromatic carbocycles. The van der Waals surface area contributed by atoms with Crippen molar-refractivity contribution in [3.05, 3.63) is 48.2 Å². The Morgan fingerprint density at radius 2 is 2.00 bits per heavy atom. The Balaban J connectivity index is 1.68. The number of aromatic nitrogens is 4. The minimum Gasteiger partial charge on any atom is -0.481 e. The summed E-state index contributed by atoms with van der Waals surface area (Å²) in [7, 11) is 1.59. The lowest BCUT2D eigenvalue weighted by Gasteiger charge is -2.11. The van der Waals surface area contributed by atoms with Gasteiger partial charge in [-0.15, -0.1) is 0 Å². The number of hydrogen-bond acceptors (Lipinski definition) is 4. The number of rotatable bonds is 2. The molecule has 1 fully saturated rings. The lowest BCUT2D eigenvalue weighted by atomic mass is 10.3. The second kappa shape index (κ2) is 5.10. The van der Waals surface area contributed by atoms with Crippen LogP contribution in [0.4, 0.5) is 0 Å². The number of fused-ring (bicyclic) bond motifs is 1. The highest BCUT2D eigenvalue weighted by Crippen LogP contribution is 2.44. The number of pyridine rings is 1. The van der Waals surface area contributed by atoms with Crippen molar-refractivity contribution in [3.8, 4) is 17.7 Å². The summed E-state index contributed by atoms with van der Waals surface area (Å²) in [5.74, 6) is 7.15. The van der Waals surface area contributed by atoms with Gasteiger partial charge in [0.05, 0.1) is 7.11 Å². The third kappa shape index (κ3) is 2.53. The van der Waals surface area contributed by atoms with Crippen molar-refractivity contribution >= 4 is 11.0 Å². The van der Waals surface area contributed by atoms with E-state index in [9.17, 15) is 0 Å². The highest BCUT2D eigenvalue weighted by atomic mass is 16.5. The highest BCUT2D eigenvalue weighted by Gasteiger charge is 2.40. The first kappa shape index (κ1) is 13.8. The monoisotopic (exact) mass is 304 g/mol. The molecule has 0 amide bonds. The Labute approximate surface area is 134 Å². The Morgan fingerprint density at radius 1 is 1.13 bits per heavy atom. The summed E-state index contributed by atoms with van der Waals surface area (Å²) >= 11 is 0. The minimum atomic E-state index is 0.209. The average molecular weight is 304 g/mol. The smallest absolute Gasteiger partial charge is 0.212 e. The van der Waals surface area contributed by atoms with E-state index in [1.807, 2.05) is 12.3 Å². The van der Waals surface area contributed by atoms with Crippen molar-refractivity contribution < 1.29 is 4.74 Å². The average Bonchev–Trinajstić information content (AvgIpc) is 3.18.